The summed E-state index contributed by atoms with van der Waals surface area (Å²) < 4.78 is 7.55. The van der Waals surface area contributed by atoms with Gasteiger partial charge in [-0.15, -0.1) is 10.2 Å². The molecule has 2 aromatic carbocycles. The summed E-state index contributed by atoms with van der Waals surface area (Å²) in [6, 6.07) is 21.0. The minimum Gasteiger partial charge on any atom is -0.508 e. The zero-order valence-corrected chi connectivity index (χ0v) is 19.4. The normalized spacial score (nSPS) is 13.9. The number of amides is 1. The van der Waals surface area contributed by atoms with E-state index in [9.17, 15) is 9.90 Å². The molecule has 0 aliphatic carbocycles. The number of benzene rings is 2. The molecule has 2 aromatic heterocycles. The predicted octanol–water partition coefficient (Wildman–Crippen LogP) is 3.73. The van der Waals surface area contributed by atoms with Crippen molar-refractivity contribution >= 4 is 23.4 Å². The molecule has 174 valence electrons. The SMILES string of the molecule is O=C(CSc1nnc(-c2ccco2)n1Cc1ccccc1)N1CCN(c2cccc(O)c2)CC1. The van der Waals surface area contributed by atoms with Crippen molar-refractivity contribution in [1.29, 1.82) is 0 Å². The van der Waals surface area contributed by atoms with E-state index in [2.05, 4.69) is 27.2 Å². The number of carbonyl (C=O) groups is 1. The van der Waals surface area contributed by atoms with E-state index < -0.39 is 0 Å². The maximum absolute atomic E-state index is 12.9. The summed E-state index contributed by atoms with van der Waals surface area (Å²) in [6.45, 7) is 3.33. The van der Waals surface area contributed by atoms with Crippen molar-refractivity contribution in [3.8, 4) is 17.3 Å². The molecule has 0 bridgehead atoms. The second-order valence-corrected chi connectivity index (χ2v) is 8.97. The number of hydrogen-bond acceptors (Lipinski definition) is 7. The van der Waals surface area contributed by atoms with Crippen molar-refractivity contribution in [3.63, 3.8) is 0 Å². The molecule has 1 N–H and O–H groups in total. The number of anilines is 1. The Morgan fingerprint density at radius 1 is 0.971 bits per heavy atom. The number of thioether (sulfide) groups is 1. The molecule has 0 radical (unpaired) electrons. The zero-order valence-electron chi connectivity index (χ0n) is 18.6. The fraction of sp³-hybridized carbons (Fsp3) is 0.240. The molecule has 5 rings (SSSR count). The first-order valence-corrected chi connectivity index (χ1v) is 12.1. The van der Waals surface area contributed by atoms with Crippen molar-refractivity contribution in [3.05, 3.63) is 78.6 Å². The van der Waals surface area contributed by atoms with Gasteiger partial charge in [0.15, 0.2) is 10.9 Å². The highest BCUT2D eigenvalue weighted by Crippen LogP contribution is 2.26. The summed E-state index contributed by atoms with van der Waals surface area (Å²) >= 11 is 1.40. The molecule has 8 nitrogen and oxygen atoms in total. The van der Waals surface area contributed by atoms with Gasteiger partial charge in [0.1, 0.15) is 5.75 Å². The van der Waals surface area contributed by atoms with Gasteiger partial charge < -0.3 is 19.3 Å². The average molecular weight is 476 g/mol. The Hall–Kier alpha value is -3.72. The molecule has 0 spiro atoms. The monoisotopic (exact) mass is 475 g/mol. The first-order chi connectivity index (χ1) is 16.7. The van der Waals surface area contributed by atoms with Crippen LogP contribution in [0.2, 0.25) is 0 Å². The highest BCUT2D eigenvalue weighted by molar-refractivity contribution is 7.99. The molecule has 1 aliphatic rings. The van der Waals surface area contributed by atoms with Gasteiger partial charge in [-0.1, -0.05) is 48.2 Å². The molecule has 34 heavy (non-hydrogen) atoms. The summed E-state index contributed by atoms with van der Waals surface area (Å²) in [5.41, 5.74) is 2.09. The topological polar surface area (TPSA) is 87.6 Å². The lowest BCUT2D eigenvalue weighted by atomic mass is 10.2. The number of carbonyl (C=O) groups excluding carboxylic acids is 1. The first kappa shape index (κ1) is 22.1. The van der Waals surface area contributed by atoms with Gasteiger partial charge in [-0.2, -0.15) is 0 Å². The molecular weight excluding hydrogens is 450 g/mol. The molecule has 1 aliphatic heterocycles. The van der Waals surface area contributed by atoms with Crippen LogP contribution in [0.4, 0.5) is 5.69 Å². The summed E-state index contributed by atoms with van der Waals surface area (Å²) in [7, 11) is 0. The molecule has 3 heterocycles. The largest absolute Gasteiger partial charge is 0.508 e. The minimum atomic E-state index is 0.0781. The number of furan rings is 1. The Morgan fingerprint density at radius 3 is 2.53 bits per heavy atom. The number of phenols is 1. The molecule has 1 saturated heterocycles. The second kappa shape index (κ2) is 10.0. The van der Waals surface area contributed by atoms with Crippen LogP contribution in [0, 0.1) is 0 Å². The number of phenolic OH excluding ortho intramolecular Hbond substituents is 1. The lowest BCUT2D eigenvalue weighted by molar-refractivity contribution is -0.128. The summed E-state index contributed by atoms with van der Waals surface area (Å²) in [5.74, 6) is 1.90. The Balaban J connectivity index is 1.24. The first-order valence-electron chi connectivity index (χ1n) is 11.1. The Morgan fingerprint density at radius 2 is 1.79 bits per heavy atom. The van der Waals surface area contributed by atoms with Crippen molar-refractivity contribution in [2.45, 2.75) is 11.7 Å². The van der Waals surface area contributed by atoms with Gasteiger partial charge in [0, 0.05) is 37.9 Å². The molecule has 0 unspecified atom stereocenters. The van der Waals surface area contributed by atoms with E-state index in [1.54, 1.807) is 18.4 Å². The Kier molecular flexibility index (Phi) is 6.53. The van der Waals surface area contributed by atoms with Gasteiger partial charge in [0.2, 0.25) is 11.7 Å². The van der Waals surface area contributed by atoms with Crippen LogP contribution in [-0.4, -0.2) is 62.6 Å². The van der Waals surface area contributed by atoms with Gasteiger partial charge in [-0.05, 0) is 29.8 Å². The maximum atomic E-state index is 12.9. The fourth-order valence-corrected chi connectivity index (χ4v) is 4.85. The highest BCUT2D eigenvalue weighted by Gasteiger charge is 2.23. The number of piperazine rings is 1. The molecule has 9 heteroatoms. The summed E-state index contributed by atoms with van der Waals surface area (Å²) in [5, 5.41) is 19.1. The van der Waals surface area contributed by atoms with E-state index in [-0.39, 0.29) is 17.4 Å². The van der Waals surface area contributed by atoms with Gasteiger partial charge in [-0.3, -0.25) is 9.36 Å². The van der Waals surface area contributed by atoms with Crippen LogP contribution in [-0.2, 0) is 11.3 Å². The third-order valence-electron chi connectivity index (χ3n) is 5.79. The fourth-order valence-electron chi connectivity index (χ4n) is 4.01. The molecular formula is C25H25N5O3S. The van der Waals surface area contributed by atoms with E-state index in [0.29, 0.717) is 36.4 Å². The van der Waals surface area contributed by atoms with Crippen LogP contribution in [0.15, 0.2) is 82.6 Å². The van der Waals surface area contributed by atoms with Crippen molar-refractivity contribution < 1.29 is 14.3 Å². The predicted molar refractivity (Wildman–Crippen MR) is 131 cm³/mol. The number of aromatic hydroxyl groups is 1. The smallest absolute Gasteiger partial charge is 0.233 e. The molecule has 1 fully saturated rings. The minimum absolute atomic E-state index is 0.0781. The van der Waals surface area contributed by atoms with Gasteiger partial charge >= 0.3 is 0 Å². The summed E-state index contributed by atoms with van der Waals surface area (Å²) in [6.07, 6.45) is 1.61. The lowest BCUT2D eigenvalue weighted by Crippen LogP contribution is -2.49. The maximum Gasteiger partial charge on any atom is 0.233 e. The number of aromatic nitrogens is 3. The molecule has 0 saturated carbocycles. The van der Waals surface area contributed by atoms with Crippen LogP contribution >= 0.6 is 11.8 Å². The molecule has 1 amide bonds. The number of hydrogen-bond donors (Lipinski definition) is 1. The van der Waals surface area contributed by atoms with Gasteiger partial charge in [-0.25, -0.2) is 0 Å². The zero-order chi connectivity index (χ0) is 23.3. The van der Waals surface area contributed by atoms with Crippen LogP contribution in [0.5, 0.6) is 5.75 Å². The van der Waals surface area contributed by atoms with Crippen LogP contribution in [0.1, 0.15) is 5.56 Å². The molecule has 0 atom stereocenters. The van der Waals surface area contributed by atoms with E-state index in [0.717, 1.165) is 24.3 Å². The quantitative estimate of drug-likeness (QED) is 0.408. The number of nitrogens with zero attached hydrogens (tertiary/aromatic N) is 5. The average Bonchev–Trinajstić information content (AvgIpc) is 3.53. The van der Waals surface area contributed by atoms with E-state index in [1.165, 1.54) is 11.8 Å². The van der Waals surface area contributed by atoms with E-state index >= 15 is 0 Å². The van der Waals surface area contributed by atoms with Crippen molar-refractivity contribution in [1.82, 2.24) is 19.7 Å². The highest BCUT2D eigenvalue weighted by atomic mass is 32.2. The Labute approximate surface area is 201 Å². The number of rotatable bonds is 7. The van der Waals surface area contributed by atoms with Crippen molar-refractivity contribution in [2.75, 3.05) is 36.8 Å². The standard InChI is InChI=1S/C25H25N5O3S/c31-21-9-4-8-20(16-21)28-11-13-29(14-12-28)23(32)18-34-25-27-26-24(22-10-5-15-33-22)30(25)17-19-6-2-1-3-7-19/h1-10,15-16,31H,11-14,17-18H2. The third-order valence-corrected chi connectivity index (χ3v) is 6.75. The van der Waals surface area contributed by atoms with Crippen molar-refractivity contribution in [2.24, 2.45) is 0 Å². The Bertz CT molecular complexity index is 1230. The third kappa shape index (κ3) is 4.94. The molecule has 4 aromatic rings. The lowest BCUT2D eigenvalue weighted by Gasteiger charge is -2.36. The van der Waals surface area contributed by atoms with Crippen LogP contribution in [0.25, 0.3) is 11.6 Å². The van der Waals surface area contributed by atoms with Gasteiger partial charge in [0.05, 0.1) is 18.6 Å². The van der Waals surface area contributed by atoms with E-state index in [4.69, 9.17) is 4.42 Å². The van der Waals surface area contributed by atoms with E-state index in [1.807, 2.05) is 51.9 Å². The van der Waals surface area contributed by atoms with Crippen LogP contribution in [0.3, 0.4) is 0 Å². The summed E-state index contributed by atoms with van der Waals surface area (Å²) in [4.78, 5) is 17.0. The van der Waals surface area contributed by atoms with Crippen LogP contribution < -0.4 is 4.90 Å². The van der Waals surface area contributed by atoms with Gasteiger partial charge in [0.25, 0.3) is 0 Å². The second-order valence-electron chi connectivity index (χ2n) is 8.03.